The van der Waals surface area contributed by atoms with E-state index in [0.29, 0.717) is 48.7 Å². The van der Waals surface area contributed by atoms with Crippen LogP contribution in [0.2, 0.25) is 0 Å². The first-order valence-electron chi connectivity index (χ1n) is 9.98. The molecule has 0 atom stereocenters. The fraction of sp³-hybridized carbons (Fsp3) is 0.318. The normalized spacial score (nSPS) is 12.8. The summed E-state index contributed by atoms with van der Waals surface area (Å²) < 4.78 is 27.5. The third-order valence-electron chi connectivity index (χ3n) is 4.60. The van der Waals surface area contributed by atoms with Crippen LogP contribution in [0.4, 0.5) is 0 Å². The van der Waals surface area contributed by atoms with Crippen molar-refractivity contribution in [3.63, 3.8) is 0 Å². The summed E-state index contributed by atoms with van der Waals surface area (Å²) in [4.78, 5) is 14.5. The number of amides is 1. The fourth-order valence-corrected chi connectivity index (χ4v) is 3.18. The molecule has 0 fully saturated rings. The van der Waals surface area contributed by atoms with Crippen molar-refractivity contribution in [1.29, 1.82) is 0 Å². The third kappa shape index (κ3) is 4.71. The molecule has 0 bridgehead atoms. The summed E-state index contributed by atoms with van der Waals surface area (Å²) in [6.45, 7) is 3.69. The second-order valence-corrected chi connectivity index (χ2v) is 6.82. The van der Waals surface area contributed by atoms with Crippen LogP contribution in [-0.4, -0.2) is 47.9 Å². The van der Waals surface area contributed by atoms with Gasteiger partial charge in [-0.2, -0.15) is 0 Å². The van der Waals surface area contributed by atoms with E-state index in [1.54, 1.807) is 36.3 Å². The van der Waals surface area contributed by atoms with Gasteiger partial charge in [0.1, 0.15) is 13.2 Å². The molecule has 0 saturated heterocycles. The molecule has 9 heteroatoms. The van der Waals surface area contributed by atoms with E-state index in [4.69, 9.17) is 23.0 Å². The number of carbonyl (C=O) groups excluding carboxylic acids is 1. The predicted molar refractivity (Wildman–Crippen MR) is 111 cm³/mol. The van der Waals surface area contributed by atoms with Crippen molar-refractivity contribution >= 4 is 12.0 Å². The largest absolute Gasteiger partial charge is 0.493 e. The van der Waals surface area contributed by atoms with Gasteiger partial charge in [-0.05, 0) is 42.3 Å². The standard InChI is InChI=1S/C22H23N3O6/c1-3-8-25(14-19-23-24-22(31-19)16-5-4-9-28-16)20(26)7-6-15-12-17(27-2)21-18(13-15)29-10-11-30-21/h4-7,9,12-13H,3,8,10-11,14H2,1-2H3/b7-6+. The minimum absolute atomic E-state index is 0.173. The van der Waals surface area contributed by atoms with Crippen LogP contribution in [0, 0.1) is 0 Å². The number of aromatic nitrogens is 2. The highest BCUT2D eigenvalue weighted by molar-refractivity contribution is 5.92. The molecule has 0 unspecified atom stereocenters. The molecule has 0 saturated carbocycles. The number of rotatable bonds is 8. The van der Waals surface area contributed by atoms with Gasteiger partial charge in [0, 0.05) is 12.6 Å². The molecule has 3 aromatic rings. The van der Waals surface area contributed by atoms with Crippen molar-refractivity contribution in [2.45, 2.75) is 19.9 Å². The summed E-state index contributed by atoms with van der Waals surface area (Å²) in [7, 11) is 1.57. The molecule has 3 heterocycles. The summed E-state index contributed by atoms with van der Waals surface area (Å²) in [5, 5.41) is 8.00. The van der Waals surface area contributed by atoms with Gasteiger partial charge in [0.2, 0.25) is 17.5 Å². The number of hydrogen-bond acceptors (Lipinski definition) is 8. The Kier molecular flexibility index (Phi) is 6.21. The number of benzene rings is 1. The highest BCUT2D eigenvalue weighted by Crippen LogP contribution is 2.40. The zero-order valence-corrected chi connectivity index (χ0v) is 17.4. The number of methoxy groups -OCH3 is 1. The molecule has 1 aliphatic heterocycles. The molecule has 0 N–H and O–H groups in total. The lowest BCUT2D eigenvalue weighted by atomic mass is 10.1. The molecule has 0 spiro atoms. The Morgan fingerprint density at radius 3 is 2.90 bits per heavy atom. The van der Waals surface area contributed by atoms with Crippen molar-refractivity contribution in [2.75, 3.05) is 26.9 Å². The van der Waals surface area contributed by atoms with E-state index >= 15 is 0 Å². The second kappa shape index (κ2) is 9.38. The van der Waals surface area contributed by atoms with E-state index in [0.717, 1.165) is 12.0 Å². The first-order chi connectivity index (χ1) is 15.2. The van der Waals surface area contributed by atoms with E-state index < -0.39 is 0 Å². The average molecular weight is 425 g/mol. The van der Waals surface area contributed by atoms with Gasteiger partial charge in [-0.15, -0.1) is 10.2 Å². The Morgan fingerprint density at radius 1 is 1.26 bits per heavy atom. The Labute approximate surface area is 179 Å². The fourth-order valence-electron chi connectivity index (χ4n) is 3.18. The molecule has 0 aliphatic carbocycles. The van der Waals surface area contributed by atoms with Gasteiger partial charge < -0.3 is 27.9 Å². The minimum Gasteiger partial charge on any atom is -0.493 e. The maximum Gasteiger partial charge on any atom is 0.283 e. The summed E-state index contributed by atoms with van der Waals surface area (Å²) in [6.07, 6.45) is 5.54. The van der Waals surface area contributed by atoms with E-state index in [2.05, 4.69) is 10.2 Å². The molecule has 1 aromatic carbocycles. The van der Waals surface area contributed by atoms with Gasteiger partial charge in [0.25, 0.3) is 5.89 Å². The average Bonchev–Trinajstić information content (AvgIpc) is 3.48. The zero-order chi connectivity index (χ0) is 21.6. The van der Waals surface area contributed by atoms with Crippen LogP contribution >= 0.6 is 0 Å². The number of ether oxygens (including phenoxy) is 3. The lowest BCUT2D eigenvalue weighted by Crippen LogP contribution is -2.29. The van der Waals surface area contributed by atoms with Crippen molar-refractivity contribution in [3.8, 4) is 28.9 Å². The lowest BCUT2D eigenvalue weighted by molar-refractivity contribution is -0.126. The maximum atomic E-state index is 12.8. The van der Waals surface area contributed by atoms with Crippen LogP contribution in [0.15, 0.2) is 45.4 Å². The number of fused-ring (bicyclic) bond motifs is 1. The molecule has 0 radical (unpaired) electrons. The smallest absolute Gasteiger partial charge is 0.283 e. The molecule has 162 valence electrons. The molecular formula is C22H23N3O6. The first kappa shape index (κ1) is 20.5. The minimum atomic E-state index is -0.173. The van der Waals surface area contributed by atoms with E-state index in [1.807, 2.05) is 13.0 Å². The van der Waals surface area contributed by atoms with E-state index in [1.165, 1.54) is 12.3 Å². The Bertz CT molecular complexity index is 1040. The Morgan fingerprint density at radius 2 is 2.13 bits per heavy atom. The van der Waals surface area contributed by atoms with Crippen LogP contribution < -0.4 is 14.2 Å². The van der Waals surface area contributed by atoms with E-state index in [9.17, 15) is 4.79 Å². The molecule has 1 amide bonds. The van der Waals surface area contributed by atoms with Crippen LogP contribution in [0.5, 0.6) is 17.2 Å². The van der Waals surface area contributed by atoms with Crippen LogP contribution in [-0.2, 0) is 11.3 Å². The lowest BCUT2D eigenvalue weighted by Gasteiger charge is -2.21. The van der Waals surface area contributed by atoms with Gasteiger partial charge >= 0.3 is 0 Å². The SMILES string of the molecule is CCCN(Cc1nnc(-c2ccco2)o1)C(=O)/C=C/c1cc(OC)c2c(c1)OCCO2. The highest BCUT2D eigenvalue weighted by atomic mass is 16.6. The monoisotopic (exact) mass is 425 g/mol. The summed E-state index contributed by atoms with van der Waals surface area (Å²) in [6, 6.07) is 7.09. The quantitative estimate of drug-likeness (QED) is 0.505. The molecule has 1 aliphatic rings. The van der Waals surface area contributed by atoms with Crippen LogP contribution in [0.25, 0.3) is 17.7 Å². The number of nitrogens with zero attached hydrogens (tertiary/aromatic N) is 3. The number of furan rings is 1. The summed E-state index contributed by atoms with van der Waals surface area (Å²) in [5.74, 6) is 2.66. The van der Waals surface area contributed by atoms with Crippen LogP contribution in [0.3, 0.4) is 0 Å². The maximum absolute atomic E-state index is 12.8. The highest BCUT2D eigenvalue weighted by Gasteiger charge is 2.19. The Balaban J connectivity index is 1.48. The van der Waals surface area contributed by atoms with Crippen LogP contribution in [0.1, 0.15) is 24.8 Å². The number of hydrogen-bond donors (Lipinski definition) is 0. The molecule has 4 rings (SSSR count). The first-order valence-corrected chi connectivity index (χ1v) is 9.98. The summed E-state index contributed by atoms with van der Waals surface area (Å²) in [5.41, 5.74) is 0.767. The van der Waals surface area contributed by atoms with Gasteiger partial charge in [-0.25, -0.2) is 0 Å². The van der Waals surface area contributed by atoms with Gasteiger partial charge in [0.15, 0.2) is 17.3 Å². The van der Waals surface area contributed by atoms with Gasteiger partial charge in [-0.1, -0.05) is 6.92 Å². The molecule has 9 nitrogen and oxygen atoms in total. The van der Waals surface area contributed by atoms with E-state index in [-0.39, 0.29) is 18.3 Å². The van der Waals surface area contributed by atoms with Gasteiger partial charge in [0.05, 0.1) is 19.9 Å². The van der Waals surface area contributed by atoms with Gasteiger partial charge in [-0.3, -0.25) is 4.79 Å². The predicted octanol–water partition coefficient (Wildman–Crippen LogP) is 3.56. The van der Waals surface area contributed by atoms with Crippen molar-refractivity contribution < 1.29 is 27.8 Å². The molecular weight excluding hydrogens is 402 g/mol. The van der Waals surface area contributed by atoms with Crippen molar-refractivity contribution in [2.24, 2.45) is 0 Å². The zero-order valence-electron chi connectivity index (χ0n) is 17.4. The Hall–Kier alpha value is -3.75. The topological polar surface area (TPSA) is 100 Å². The van der Waals surface area contributed by atoms with Crippen molar-refractivity contribution in [1.82, 2.24) is 15.1 Å². The van der Waals surface area contributed by atoms with Crippen molar-refractivity contribution in [3.05, 3.63) is 48.1 Å². The number of carbonyl (C=O) groups is 1. The third-order valence-corrected chi connectivity index (χ3v) is 4.60. The molecule has 2 aromatic heterocycles. The summed E-state index contributed by atoms with van der Waals surface area (Å²) >= 11 is 0. The molecule has 31 heavy (non-hydrogen) atoms. The second-order valence-electron chi connectivity index (χ2n) is 6.82.